The van der Waals surface area contributed by atoms with E-state index < -0.39 is 62.4 Å². The number of fused-ring (bicyclic) bond motifs is 2. The number of hydrogen-bond acceptors (Lipinski definition) is 3. The van der Waals surface area contributed by atoms with Gasteiger partial charge in [0.15, 0.2) is 0 Å². The molecule has 2 heterocycles. The van der Waals surface area contributed by atoms with E-state index in [0.29, 0.717) is 31.2 Å². The van der Waals surface area contributed by atoms with Crippen molar-refractivity contribution in [2.24, 2.45) is 0 Å². The van der Waals surface area contributed by atoms with E-state index >= 15 is 0 Å². The number of rotatable bonds is 6. The normalized spacial score (nSPS) is 36.0. The van der Waals surface area contributed by atoms with Crippen molar-refractivity contribution in [3.8, 4) is 0 Å². The smallest absolute Gasteiger partial charge is 0.316 e. The standard InChI is InChI=1S/C22H34NO3.BrH/c1-15(2)23(16(3)4)18-10-11-19(23)13-20(12-18)26-22(25)21(14-24)17-8-6-5-7-9-17;/h5-9,15-16,18-21,24H,10-14H2,1-4H3;1H/q+1;/p-1/t18-,19?,20?,21?;/m0./s1/i1D3,2D3,15D;/t18-,19?,20?,21?,23?;. The molecule has 3 rings (SSSR count). The molecule has 5 heteroatoms. The molecular formula is C22H34BrNO3. The number of aliphatic hydroxyl groups excluding tert-OH is 1. The highest BCUT2D eigenvalue weighted by atomic mass is 79.9. The minimum Gasteiger partial charge on any atom is -1.00 e. The highest BCUT2D eigenvalue weighted by molar-refractivity contribution is 5.78. The van der Waals surface area contributed by atoms with Crippen molar-refractivity contribution in [2.75, 3.05) is 6.61 Å². The fourth-order valence-electron chi connectivity index (χ4n) is 5.21. The van der Waals surface area contributed by atoms with Crippen LogP contribution < -0.4 is 17.0 Å². The van der Waals surface area contributed by atoms with Crippen molar-refractivity contribution in [1.29, 1.82) is 0 Å². The lowest BCUT2D eigenvalue weighted by molar-refractivity contribution is -1.00. The van der Waals surface area contributed by atoms with Crippen LogP contribution in [0.5, 0.6) is 0 Å². The Balaban J connectivity index is 0.00000408. The lowest BCUT2D eigenvalue weighted by Crippen LogP contribution is -3.00. The maximum absolute atomic E-state index is 12.9. The topological polar surface area (TPSA) is 46.5 Å². The molecule has 0 amide bonds. The van der Waals surface area contributed by atoms with Crippen LogP contribution in [0.3, 0.4) is 0 Å². The SMILES string of the molecule is [2H]C([2H])([2H])C([2H])(C([2H])([2H])[2H])[N+]1(C(C)C)C2CC[C@H]1CC(OC(=O)C(CO)c1ccccc1)C2.[Br-]. The molecule has 27 heavy (non-hydrogen) atoms. The number of carbonyl (C=O) groups is 1. The van der Waals surface area contributed by atoms with E-state index in [1.807, 2.05) is 6.07 Å². The number of benzene rings is 1. The van der Waals surface area contributed by atoms with Gasteiger partial charge in [-0.25, -0.2) is 0 Å². The Morgan fingerprint density at radius 1 is 1.26 bits per heavy atom. The highest BCUT2D eigenvalue weighted by Gasteiger charge is 2.57. The summed E-state index contributed by atoms with van der Waals surface area (Å²) in [5, 5.41) is 9.78. The molecule has 4 nitrogen and oxygen atoms in total. The molecule has 2 aliphatic heterocycles. The van der Waals surface area contributed by atoms with E-state index in [1.165, 1.54) is 0 Å². The van der Waals surface area contributed by atoms with Gasteiger partial charge in [-0.1, -0.05) is 30.3 Å². The van der Waals surface area contributed by atoms with E-state index in [2.05, 4.69) is 0 Å². The predicted molar refractivity (Wildman–Crippen MR) is 103 cm³/mol. The number of piperidine rings is 1. The van der Waals surface area contributed by atoms with Gasteiger partial charge in [-0.3, -0.25) is 4.79 Å². The van der Waals surface area contributed by atoms with Gasteiger partial charge in [-0.15, -0.1) is 0 Å². The Kier molecular flexibility index (Phi) is 4.74. The van der Waals surface area contributed by atoms with E-state index in [0.717, 1.165) is 0 Å². The molecule has 0 aliphatic carbocycles. The summed E-state index contributed by atoms with van der Waals surface area (Å²) in [6.07, 6.45) is 1.22. The molecule has 2 aliphatic rings. The zero-order valence-electron chi connectivity index (χ0n) is 22.9. The number of carbonyl (C=O) groups excluding carboxylic acids is 1. The van der Waals surface area contributed by atoms with Crippen molar-refractivity contribution in [2.45, 2.75) is 89.4 Å². The van der Waals surface area contributed by atoms with Crippen LogP contribution in [0.4, 0.5) is 0 Å². The van der Waals surface area contributed by atoms with Crippen LogP contribution in [-0.2, 0) is 9.53 Å². The molecule has 1 aromatic rings. The fraction of sp³-hybridized carbons (Fsp3) is 0.682. The summed E-state index contributed by atoms with van der Waals surface area (Å²) in [6, 6.07) is 4.90. The zero-order chi connectivity index (χ0) is 24.8. The van der Waals surface area contributed by atoms with E-state index in [4.69, 9.17) is 14.3 Å². The maximum atomic E-state index is 12.9. The van der Waals surface area contributed by atoms with Gasteiger partial charge in [-0.2, -0.15) is 0 Å². The van der Waals surface area contributed by atoms with Crippen molar-refractivity contribution in [3.63, 3.8) is 0 Å². The summed E-state index contributed by atoms with van der Waals surface area (Å²) >= 11 is 0. The Morgan fingerprint density at radius 2 is 1.85 bits per heavy atom. The van der Waals surface area contributed by atoms with Gasteiger partial charge in [-0.05, 0) is 33.1 Å². The van der Waals surface area contributed by atoms with Gasteiger partial charge in [0.2, 0.25) is 0 Å². The third-order valence-corrected chi connectivity index (χ3v) is 6.31. The van der Waals surface area contributed by atoms with Crippen molar-refractivity contribution < 1.29 is 45.7 Å². The molecule has 152 valence electrons. The molecule has 2 fully saturated rings. The van der Waals surface area contributed by atoms with E-state index in [9.17, 15) is 9.90 Å². The van der Waals surface area contributed by atoms with Gasteiger partial charge in [0.05, 0.1) is 32.1 Å². The maximum Gasteiger partial charge on any atom is 0.316 e. The molecule has 0 saturated carbocycles. The summed E-state index contributed by atoms with van der Waals surface area (Å²) in [5.41, 5.74) is 0.645. The number of quaternary nitrogens is 1. The average molecular weight is 447 g/mol. The first kappa shape index (κ1) is 14.1. The van der Waals surface area contributed by atoms with Crippen LogP contribution in [0.1, 0.15) is 74.3 Å². The quantitative estimate of drug-likeness (QED) is 0.514. The van der Waals surface area contributed by atoms with Crippen molar-refractivity contribution in [3.05, 3.63) is 35.9 Å². The minimum absolute atomic E-state index is 0. The lowest BCUT2D eigenvalue weighted by Gasteiger charge is -2.55. The van der Waals surface area contributed by atoms with Gasteiger partial charge in [0.1, 0.15) is 12.0 Å². The molecule has 0 spiro atoms. The molecule has 0 aromatic heterocycles. The summed E-state index contributed by atoms with van der Waals surface area (Å²) in [4.78, 5) is 12.9. The Hall–Kier alpha value is -0.910. The first-order chi connectivity index (χ1) is 15.2. The van der Waals surface area contributed by atoms with Crippen LogP contribution >= 0.6 is 0 Å². The molecule has 5 atom stereocenters. The van der Waals surface area contributed by atoms with Gasteiger partial charge < -0.3 is 31.3 Å². The summed E-state index contributed by atoms with van der Waals surface area (Å²) < 4.78 is 63.1. The largest absolute Gasteiger partial charge is 1.00 e. The average Bonchev–Trinajstić information content (AvgIpc) is 2.92. The predicted octanol–water partition coefficient (Wildman–Crippen LogP) is 0.637. The van der Waals surface area contributed by atoms with Crippen LogP contribution in [0.2, 0.25) is 0 Å². The molecule has 4 unspecified atom stereocenters. The first-order valence-corrected chi connectivity index (χ1v) is 9.46. The number of ether oxygens (including phenoxy) is 1. The molecule has 2 bridgehead atoms. The summed E-state index contributed by atoms with van der Waals surface area (Å²) in [6.45, 7) is -2.88. The summed E-state index contributed by atoms with van der Waals surface area (Å²) in [7, 11) is 0. The lowest BCUT2D eigenvalue weighted by atomic mass is 9.90. The molecule has 0 radical (unpaired) electrons. The molecule has 1 aromatic carbocycles. The van der Waals surface area contributed by atoms with Crippen LogP contribution in [0.25, 0.3) is 0 Å². The van der Waals surface area contributed by atoms with Crippen LogP contribution in [-0.4, -0.2) is 52.4 Å². The number of aliphatic hydroxyl groups is 1. The van der Waals surface area contributed by atoms with Gasteiger partial charge >= 0.3 is 5.97 Å². The third kappa shape index (κ3) is 3.96. The Morgan fingerprint density at radius 3 is 2.33 bits per heavy atom. The second-order valence-corrected chi connectivity index (χ2v) is 7.84. The molecule has 1 N–H and O–H groups in total. The van der Waals surface area contributed by atoms with Gasteiger partial charge in [0.25, 0.3) is 0 Å². The Bertz CT molecular complexity index is 819. The van der Waals surface area contributed by atoms with Gasteiger partial charge in [0, 0.05) is 33.9 Å². The van der Waals surface area contributed by atoms with E-state index in [1.54, 1.807) is 38.1 Å². The third-order valence-electron chi connectivity index (χ3n) is 6.31. The number of halogens is 1. The van der Waals surface area contributed by atoms with Crippen LogP contribution in [0.15, 0.2) is 30.3 Å². The fourth-order valence-corrected chi connectivity index (χ4v) is 5.21. The zero-order valence-corrected chi connectivity index (χ0v) is 17.5. The number of esters is 1. The second kappa shape index (κ2) is 9.06. The first-order valence-electron chi connectivity index (χ1n) is 13.0. The molecule has 2 saturated heterocycles. The second-order valence-electron chi connectivity index (χ2n) is 7.84. The minimum atomic E-state index is -3.03. The Labute approximate surface area is 184 Å². The van der Waals surface area contributed by atoms with E-state index in [-0.39, 0.29) is 21.5 Å². The van der Waals surface area contributed by atoms with Crippen molar-refractivity contribution in [1.82, 2.24) is 0 Å². The highest BCUT2D eigenvalue weighted by Crippen LogP contribution is 2.47. The summed E-state index contributed by atoms with van der Waals surface area (Å²) in [5.74, 6) is -1.38. The van der Waals surface area contributed by atoms with Crippen LogP contribution in [0, 0.1) is 0 Å². The number of nitrogens with zero attached hydrogens (tertiary/aromatic N) is 1. The monoisotopic (exact) mass is 446 g/mol. The van der Waals surface area contributed by atoms with Crippen molar-refractivity contribution >= 4 is 5.97 Å². The molecular weight excluding hydrogens is 406 g/mol. The number of hydrogen-bond donors (Lipinski definition) is 1.